The van der Waals surface area contributed by atoms with Crippen LogP contribution in [0.1, 0.15) is 30.6 Å². The summed E-state index contributed by atoms with van der Waals surface area (Å²) in [4.78, 5) is 13.9. The number of piperazine rings is 1. The number of ether oxygens (including phenoxy) is 1. The van der Waals surface area contributed by atoms with Crippen LogP contribution in [0.2, 0.25) is 0 Å². The van der Waals surface area contributed by atoms with Crippen LogP contribution in [0.3, 0.4) is 0 Å². The Hall–Kier alpha value is -1.39. The first-order valence-corrected chi connectivity index (χ1v) is 7.41. The third-order valence-electron chi connectivity index (χ3n) is 3.63. The van der Waals surface area contributed by atoms with E-state index in [4.69, 9.17) is 4.74 Å². The van der Waals surface area contributed by atoms with Crippen LogP contribution in [0.4, 0.5) is 0 Å². The highest BCUT2D eigenvalue weighted by atomic mass is 16.5. The molecule has 1 heterocycles. The van der Waals surface area contributed by atoms with Crippen molar-refractivity contribution in [2.75, 3.05) is 32.8 Å². The third-order valence-corrected chi connectivity index (χ3v) is 3.63. The van der Waals surface area contributed by atoms with E-state index in [9.17, 15) is 4.79 Å². The number of nitrogens with one attached hydrogen (secondary N) is 1. The second-order valence-electron chi connectivity index (χ2n) is 5.31. The lowest BCUT2D eigenvalue weighted by Crippen LogP contribution is -2.50. The van der Waals surface area contributed by atoms with Crippen molar-refractivity contribution < 1.29 is 9.53 Å². The van der Waals surface area contributed by atoms with E-state index >= 15 is 0 Å². The summed E-state index contributed by atoms with van der Waals surface area (Å²) in [6.45, 7) is 8.92. The summed E-state index contributed by atoms with van der Waals surface area (Å²) in [5.41, 5.74) is 0.760. The van der Waals surface area contributed by atoms with Crippen LogP contribution in [0.5, 0.6) is 5.75 Å². The van der Waals surface area contributed by atoms with Gasteiger partial charge >= 0.3 is 0 Å². The highest BCUT2D eigenvalue weighted by Gasteiger charge is 2.14. The molecule has 2 rings (SSSR count). The molecule has 4 heteroatoms. The quantitative estimate of drug-likeness (QED) is 0.806. The van der Waals surface area contributed by atoms with Crippen molar-refractivity contribution in [1.82, 2.24) is 10.2 Å². The van der Waals surface area contributed by atoms with Gasteiger partial charge in [-0.15, -0.1) is 0 Å². The van der Waals surface area contributed by atoms with Crippen LogP contribution < -0.4 is 10.1 Å². The molecule has 1 unspecified atom stereocenters. The lowest BCUT2D eigenvalue weighted by molar-refractivity contribution is 0.0988. The molecular weight excluding hydrogens is 252 g/mol. The predicted molar refractivity (Wildman–Crippen MR) is 80.5 cm³/mol. The van der Waals surface area contributed by atoms with E-state index in [1.165, 1.54) is 0 Å². The van der Waals surface area contributed by atoms with Crippen LogP contribution in [0, 0.1) is 0 Å². The smallest absolute Gasteiger partial charge is 0.162 e. The first kappa shape index (κ1) is 15.0. The Labute approximate surface area is 121 Å². The van der Waals surface area contributed by atoms with E-state index in [-0.39, 0.29) is 5.78 Å². The zero-order chi connectivity index (χ0) is 14.4. The van der Waals surface area contributed by atoms with Crippen molar-refractivity contribution in [2.45, 2.75) is 26.3 Å². The largest absolute Gasteiger partial charge is 0.492 e. The van der Waals surface area contributed by atoms with Crippen LogP contribution in [0.25, 0.3) is 0 Å². The molecule has 0 aliphatic carbocycles. The average Bonchev–Trinajstić information content (AvgIpc) is 2.47. The molecule has 1 aromatic carbocycles. The lowest BCUT2D eigenvalue weighted by atomic mass is 10.1. The second kappa shape index (κ2) is 7.41. The van der Waals surface area contributed by atoms with Crippen molar-refractivity contribution in [3.8, 4) is 5.75 Å². The van der Waals surface area contributed by atoms with Gasteiger partial charge in [-0.05, 0) is 31.2 Å². The Balaban J connectivity index is 1.75. The maximum Gasteiger partial charge on any atom is 0.162 e. The van der Waals surface area contributed by atoms with Crippen LogP contribution in [-0.2, 0) is 0 Å². The molecule has 1 aliphatic heterocycles. The SMILES string of the molecule is CCC(=O)c1ccc(OCCN2CCNC(C)C2)cc1. The molecule has 1 N–H and O–H groups in total. The van der Waals surface area contributed by atoms with E-state index in [1.54, 1.807) is 0 Å². The van der Waals surface area contributed by atoms with Crippen molar-refractivity contribution >= 4 is 5.78 Å². The number of carbonyl (C=O) groups excluding carboxylic acids is 1. The minimum absolute atomic E-state index is 0.173. The summed E-state index contributed by atoms with van der Waals surface area (Å²) in [7, 11) is 0. The van der Waals surface area contributed by atoms with E-state index < -0.39 is 0 Å². The first-order chi connectivity index (χ1) is 9.69. The molecule has 0 bridgehead atoms. The van der Waals surface area contributed by atoms with Gasteiger partial charge in [0.2, 0.25) is 0 Å². The van der Waals surface area contributed by atoms with Crippen molar-refractivity contribution in [2.24, 2.45) is 0 Å². The highest BCUT2D eigenvalue weighted by Crippen LogP contribution is 2.13. The van der Waals surface area contributed by atoms with Gasteiger partial charge in [-0.25, -0.2) is 0 Å². The van der Waals surface area contributed by atoms with E-state index in [2.05, 4.69) is 17.1 Å². The number of ketones is 1. The number of benzene rings is 1. The number of carbonyl (C=O) groups is 1. The van der Waals surface area contributed by atoms with Gasteiger partial charge in [0, 0.05) is 44.2 Å². The summed E-state index contributed by atoms with van der Waals surface area (Å²) in [5.74, 6) is 1.01. The first-order valence-electron chi connectivity index (χ1n) is 7.41. The Kier molecular flexibility index (Phi) is 5.56. The molecule has 1 aliphatic rings. The maximum atomic E-state index is 11.5. The molecule has 0 saturated carbocycles. The minimum Gasteiger partial charge on any atom is -0.492 e. The van der Waals surface area contributed by atoms with Crippen molar-refractivity contribution in [1.29, 1.82) is 0 Å². The molecule has 0 radical (unpaired) electrons. The molecule has 0 spiro atoms. The lowest BCUT2D eigenvalue weighted by Gasteiger charge is -2.31. The van der Waals surface area contributed by atoms with E-state index in [0.717, 1.165) is 37.5 Å². The molecule has 110 valence electrons. The zero-order valence-electron chi connectivity index (χ0n) is 12.4. The molecule has 0 amide bonds. The fourth-order valence-corrected chi connectivity index (χ4v) is 2.45. The molecule has 1 atom stereocenters. The van der Waals surface area contributed by atoms with Gasteiger partial charge in [-0.2, -0.15) is 0 Å². The van der Waals surface area contributed by atoms with Gasteiger partial charge in [0.25, 0.3) is 0 Å². The van der Waals surface area contributed by atoms with Crippen LogP contribution in [-0.4, -0.2) is 49.5 Å². The average molecular weight is 276 g/mol. The van der Waals surface area contributed by atoms with Gasteiger partial charge < -0.3 is 10.1 Å². The number of rotatable bonds is 6. The predicted octanol–water partition coefficient (Wildman–Crippen LogP) is 1.95. The van der Waals surface area contributed by atoms with Gasteiger partial charge in [-0.3, -0.25) is 9.69 Å². The van der Waals surface area contributed by atoms with Gasteiger partial charge in [0.1, 0.15) is 12.4 Å². The fraction of sp³-hybridized carbons (Fsp3) is 0.562. The molecule has 20 heavy (non-hydrogen) atoms. The van der Waals surface area contributed by atoms with E-state index in [1.807, 2.05) is 31.2 Å². The molecule has 4 nitrogen and oxygen atoms in total. The number of hydrogen-bond acceptors (Lipinski definition) is 4. The molecule has 0 aromatic heterocycles. The molecule has 1 saturated heterocycles. The van der Waals surface area contributed by atoms with Gasteiger partial charge in [-0.1, -0.05) is 6.92 Å². The molecular formula is C16H24N2O2. The third kappa shape index (κ3) is 4.32. The molecule has 1 aromatic rings. The summed E-state index contributed by atoms with van der Waals surface area (Å²) in [5, 5.41) is 3.43. The van der Waals surface area contributed by atoms with Gasteiger partial charge in [0.05, 0.1) is 0 Å². The summed E-state index contributed by atoms with van der Waals surface area (Å²) < 4.78 is 5.74. The number of hydrogen-bond donors (Lipinski definition) is 1. The second-order valence-corrected chi connectivity index (χ2v) is 5.31. The normalized spacial score (nSPS) is 19.8. The zero-order valence-corrected chi connectivity index (χ0v) is 12.4. The minimum atomic E-state index is 0.173. The Morgan fingerprint density at radius 3 is 2.80 bits per heavy atom. The Bertz CT molecular complexity index is 431. The Morgan fingerprint density at radius 2 is 2.15 bits per heavy atom. The van der Waals surface area contributed by atoms with Crippen LogP contribution >= 0.6 is 0 Å². The standard InChI is InChI=1S/C16H24N2O2/c1-3-16(19)14-4-6-15(7-5-14)20-11-10-18-9-8-17-13(2)12-18/h4-7,13,17H,3,8-12H2,1-2H3. The van der Waals surface area contributed by atoms with Crippen molar-refractivity contribution in [3.63, 3.8) is 0 Å². The maximum absolute atomic E-state index is 11.5. The fourth-order valence-electron chi connectivity index (χ4n) is 2.45. The topological polar surface area (TPSA) is 41.6 Å². The molecule has 1 fully saturated rings. The van der Waals surface area contributed by atoms with Crippen LogP contribution in [0.15, 0.2) is 24.3 Å². The number of nitrogens with zero attached hydrogens (tertiary/aromatic N) is 1. The highest BCUT2D eigenvalue weighted by molar-refractivity contribution is 5.95. The Morgan fingerprint density at radius 1 is 1.40 bits per heavy atom. The number of Topliss-reactive ketones (excluding diaryl/α,β-unsaturated/α-hetero) is 1. The van der Waals surface area contributed by atoms with Gasteiger partial charge in [0.15, 0.2) is 5.78 Å². The van der Waals surface area contributed by atoms with E-state index in [0.29, 0.717) is 19.1 Å². The van der Waals surface area contributed by atoms with Crippen molar-refractivity contribution in [3.05, 3.63) is 29.8 Å². The summed E-state index contributed by atoms with van der Waals surface area (Å²) in [6.07, 6.45) is 0.543. The summed E-state index contributed by atoms with van der Waals surface area (Å²) in [6, 6.07) is 8.00. The summed E-state index contributed by atoms with van der Waals surface area (Å²) >= 11 is 0. The monoisotopic (exact) mass is 276 g/mol.